The van der Waals surface area contributed by atoms with Crippen LogP contribution in [0.3, 0.4) is 0 Å². The van der Waals surface area contributed by atoms with Gasteiger partial charge in [0.05, 0.1) is 0 Å². The quantitative estimate of drug-likeness (QED) is 0.725. The number of carbonyl (C=O) groups is 2. The van der Waals surface area contributed by atoms with Crippen LogP contribution in [0.25, 0.3) is 0 Å². The van der Waals surface area contributed by atoms with Crippen molar-refractivity contribution in [2.24, 2.45) is 5.92 Å². The normalized spacial score (nSPS) is 24.5. The van der Waals surface area contributed by atoms with E-state index in [-0.39, 0.29) is 12.1 Å². The first kappa shape index (κ1) is 12.0. The Hall–Kier alpha value is -1.06. The van der Waals surface area contributed by atoms with Gasteiger partial charge in [0, 0.05) is 12.5 Å². The second kappa shape index (κ2) is 4.64. The van der Waals surface area contributed by atoms with Crippen LogP contribution in [0.2, 0.25) is 0 Å². The largest absolute Gasteiger partial charge is 0.444 e. The molecule has 2 atom stereocenters. The van der Waals surface area contributed by atoms with Crippen molar-refractivity contribution < 1.29 is 14.3 Å². The number of hydrogen-bond acceptors (Lipinski definition) is 3. The number of carbonyl (C=O) groups excluding carboxylic acids is 2. The topological polar surface area (TPSA) is 55.4 Å². The molecule has 1 aliphatic rings. The molecule has 1 rings (SSSR count). The van der Waals surface area contributed by atoms with E-state index in [1.165, 1.54) is 0 Å². The Morgan fingerprint density at radius 3 is 2.73 bits per heavy atom. The van der Waals surface area contributed by atoms with Crippen molar-refractivity contribution in [1.82, 2.24) is 5.32 Å². The lowest BCUT2D eigenvalue weighted by Gasteiger charge is -2.19. The lowest BCUT2D eigenvalue weighted by molar-refractivity contribution is -0.108. The molecular weight excluding hydrogens is 194 g/mol. The van der Waals surface area contributed by atoms with Gasteiger partial charge < -0.3 is 14.8 Å². The third kappa shape index (κ3) is 4.81. The summed E-state index contributed by atoms with van der Waals surface area (Å²) in [5.74, 6) is 0.461. The number of alkyl carbamates (subject to hydrolysis) is 1. The van der Waals surface area contributed by atoms with Crippen molar-refractivity contribution in [1.29, 1.82) is 0 Å². The first-order valence-electron chi connectivity index (χ1n) is 5.35. The number of rotatable bonds is 4. The van der Waals surface area contributed by atoms with Crippen LogP contribution in [0.15, 0.2) is 0 Å². The number of amides is 1. The van der Waals surface area contributed by atoms with Crippen molar-refractivity contribution in [3.05, 3.63) is 0 Å². The predicted molar refractivity (Wildman–Crippen MR) is 56.6 cm³/mol. The Morgan fingerprint density at radius 1 is 1.53 bits per heavy atom. The van der Waals surface area contributed by atoms with Gasteiger partial charge >= 0.3 is 6.09 Å². The van der Waals surface area contributed by atoms with Gasteiger partial charge in [-0.25, -0.2) is 4.79 Å². The highest BCUT2D eigenvalue weighted by atomic mass is 16.6. The Kier molecular flexibility index (Phi) is 3.72. The molecule has 0 radical (unpaired) electrons. The molecule has 4 nitrogen and oxygen atoms in total. The first-order chi connectivity index (χ1) is 6.92. The van der Waals surface area contributed by atoms with Gasteiger partial charge in [0.15, 0.2) is 0 Å². The molecule has 2 unspecified atom stereocenters. The third-order valence-electron chi connectivity index (χ3n) is 2.28. The Bertz CT molecular complexity index is 245. The molecular formula is C11H19NO3. The average Bonchev–Trinajstić information content (AvgIpc) is 2.76. The van der Waals surface area contributed by atoms with E-state index in [1.54, 1.807) is 0 Å². The van der Waals surface area contributed by atoms with Gasteiger partial charge in [-0.05, 0) is 39.5 Å². The van der Waals surface area contributed by atoms with Crippen molar-refractivity contribution >= 4 is 12.4 Å². The van der Waals surface area contributed by atoms with E-state index in [1.807, 2.05) is 20.8 Å². The lowest BCUT2D eigenvalue weighted by atomic mass is 10.2. The summed E-state index contributed by atoms with van der Waals surface area (Å²) in [5.41, 5.74) is -0.447. The van der Waals surface area contributed by atoms with Crippen LogP contribution in [-0.2, 0) is 9.53 Å². The molecule has 1 amide bonds. The standard InChI is InChI=1S/C11H19NO3/c1-11(2,3)15-10(14)12-9-7-8(9)5-4-6-13/h6,8-9H,4-5,7H2,1-3H3,(H,12,14). The molecule has 0 spiro atoms. The maximum Gasteiger partial charge on any atom is 0.407 e. The van der Waals surface area contributed by atoms with Crippen LogP contribution >= 0.6 is 0 Å². The fourth-order valence-corrected chi connectivity index (χ4v) is 1.48. The summed E-state index contributed by atoms with van der Waals surface area (Å²) < 4.78 is 5.12. The van der Waals surface area contributed by atoms with Crippen molar-refractivity contribution in [2.75, 3.05) is 0 Å². The fraction of sp³-hybridized carbons (Fsp3) is 0.818. The highest BCUT2D eigenvalue weighted by molar-refractivity contribution is 5.68. The van der Waals surface area contributed by atoms with E-state index < -0.39 is 5.60 Å². The monoisotopic (exact) mass is 213 g/mol. The minimum atomic E-state index is -0.447. The van der Waals surface area contributed by atoms with E-state index in [4.69, 9.17) is 4.74 Å². The summed E-state index contributed by atoms with van der Waals surface area (Å²) in [5, 5.41) is 2.79. The molecule has 1 saturated carbocycles. The first-order valence-corrected chi connectivity index (χ1v) is 5.35. The van der Waals surface area contributed by atoms with Gasteiger partial charge in [-0.2, -0.15) is 0 Å². The predicted octanol–water partition coefficient (Wildman–Crippen LogP) is 1.88. The summed E-state index contributed by atoms with van der Waals surface area (Å²) in [6, 6.07) is 0.208. The molecule has 86 valence electrons. The number of ether oxygens (including phenoxy) is 1. The van der Waals surface area contributed by atoms with Gasteiger partial charge in [-0.1, -0.05) is 0 Å². The highest BCUT2D eigenvalue weighted by Gasteiger charge is 2.38. The molecule has 0 aliphatic heterocycles. The summed E-state index contributed by atoms with van der Waals surface area (Å²) >= 11 is 0. The Labute approximate surface area is 90.4 Å². The minimum Gasteiger partial charge on any atom is -0.444 e. The van der Waals surface area contributed by atoms with E-state index in [2.05, 4.69) is 5.32 Å². The molecule has 0 aromatic heterocycles. The second-order valence-corrected chi connectivity index (χ2v) is 4.99. The summed E-state index contributed by atoms with van der Waals surface area (Å²) in [6.07, 6.45) is 2.97. The van der Waals surface area contributed by atoms with Crippen molar-refractivity contribution in [3.8, 4) is 0 Å². The SMILES string of the molecule is CC(C)(C)OC(=O)NC1CC1CCC=O. The molecule has 0 aromatic rings. The molecule has 1 aliphatic carbocycles. The third-order valence-corrected chi connectivity index (χ3v) is 2.28. The smallest absolute Gasteiger partial charge is 0.407 e. The van der Waals surface area contributed by atoms with E-state index >= 15 is 0 Å². The van der Waals surface area contributed by atoms with Gasteiger partial charge in [0.2, 0.25) is 0 Å². The maximum absolute atomic E-state index is 11.3. The maximum atomic E-state index is 11.3. The van der Waals surface area contributed by atoms with Gasteiger partial charge in [-0.3, -0.25) is 0 Å². The van der Waals surface area contributed by atoms with Gasteiger partial charge in [0.1, 0.15) is 11.9 Å². The van der Waals surface area contributed by atoms with E-state index in [0.717, 1.165) is 19.1 Å². The van der Waals surface area contributed by atoms with E-state index in [9.17, 15) is 9.59 Å². The average molecular weight is 213 g/mol. The van der Waals surface area contributed by atoms with Crippen molar-refractivity contribution in [3.63, 3.8) is 0 Å². The van der Waals surface area contributed by atoms with Gasteiger partial charge in [-0.15, -0.1) is 0 Å². The summed E-state index contributed by atoms with van der Waals surface area (Å²) in [7, 11) is 0. The van der Waals surface area contributed by atoms with Gasteiger partial charge in [0.25, 0.3) is 0 Å². The minimum absolute atomic E-state index is 0.208. The highest BCUT2D eigenvalue weighted by Crippen LogP contribution is 2.34. The Balaban J connectivity index is 2.16. The second-order valence-electron chi connectivity index (χ2n) is 4.99. The fourth-order valence-electron chi connectivity index (χ4n) is 1.48. The number of aldehydes is 1. The van der Waals surface area contributed by atoms with Crippen LogP contribution in [0, 0.1) is 5.92 Å². The molecule has 1 fully saturated rings. The molecule has 15 heavy (non-hydrogen) atoms. The van der Waals surface area contributed by atoms with E-state index in [0.29, 0.717) is 12.3 Å². The lowest BCUT2D eigenvalue weighted by Crippen LogP contribution is -2.34. The molecule has 1 N–H and O–H groups in total. The molecule has 4 heteroatoms. The number of hydrogen-bond donors (Lipinski definition) is 1. The van der Waals surface area contributed by atoms with Crippen LogP contribution in [0.1, 0.15) is 40.0 Å². The Morgan fingerprint density at radius 2 is 2.20 bits per heavy atom. The number of nitrogens with one attached hydrogen (secondary N) is 1. The van der Waals surface area contributed by atoms with Crippen LogP contribution in [0.5, 0.6) is 0 Å². The summed E-state index contributed by atoms with van der Waals surface area (Å²) in [4.78, 5) is 21.5. The molecule has 0 bridgehead atoms. The molecule has 0 heterocycles. The molecule has 0 saturated heterocycles. The summed E-state index contributed by atoms with van der Waals surface area (Å²) in [6.45, 7) is 5.51. The molecule has 0 aromatic carbocycles. The van der Waals surface area contributed by atoms with Crippen LogP contribution in [0.4, 0.5) is 4.79 Å². The van der Waals surface area contributed by atoms with Crippen LogP contribution < -0.4 is 5.32 Å². The van der Waals surface area contributed by atoms with Crippen LogP contribution in [-0.4, -0.2) is 24.0 Å². The zero-order chi connectivity index (χ0) is 11.5. The van der Waals surface area contributed by atoms with Crippen molar-refractivity contribution in [2.45, 2.75) is 51.7 Å². The zero-order valence-corrected chi connectivity index (χ0v) is 9.58. The zero-order valence-electron chi connectivity index (χ0n) is 9.58.